The van der Waals surface area contributed by atoms with Crippen molar-refractivity contribution in [2.75, 3.05) is 0 Å². The van der Waals surface area contributed by atoms with Crippen molar-refractivity contribution < 1.29 is 9.18 Å². The largest absolute Gasteiger partial charge is 0.321 e. The summed E-state index contributed by atoms with van der Waals surface area (Å²) < 4.78 is 13.3. The van der Waals surface area contributed by atoms with Gasteiger partial charge in [0.25, 0.3) is 0 Å². The number of aryl methyl sites for hydroxylation is 1. The van der Waals surface area contributed by atoms with Crippen molar-refractivity contribution in [2.24, 2.45) is 5.73 Å². The van der Waals surface area contributed by atoms with Crippen LogP contribution in [0.4, 0.5) is 4.39 Å². The molecule has 0 heterocycles. The Hall–Kier alpha value is -0.930. The highest BCUT2D eigenvalue weighted by Gasteiger charge is 2.16. The summed E-state index contributed by atoms with van der Waals surface area (Å²) in [6.45, 7) is 3.18. The van der Waals surface area contributed by atoms with E-state index in [0.717, 1.165) is 0 Å². The van der Waals surface area contributed by atoms with Gasteiger partial charge in [0.05, 0.1) is 11.6 Å². The summed E-state index contributed by atoms with van der Waals surface area (Å²) in [5.74, 6) is -1.02. The predicted molar refractivity (Wildman–Crippen MR) is 54.1 cm³/mol. The zero-order valence-corrected chi connectivity index (χ0v) is 8.73. The van der Waals surface area contributed by atoms with Gasteiger partial charge < -0.3 is 5.73 Å². The average molecular weight is 216 g/mol. The monoisotopic (exact) mass is 215 g/mol. The van der Waals surface area contributed by atoms with Gasteiger partial charge in [-0.25, -0.2) is 4.39 Å². The molecule has 2 nitrogen and oxygen atoms in total. The van der Waals surface area contributed by atoms with E-state index in [0.29, 0.717) is 10.6 Å². The second-order valence-corrected chi connectivity index (χ2v) is 3.64. The minimum absolute atomic E-state index is 0.0457. The molecule has 1 atom stereocenters. The van der Waals surface area contributed by atoms with Gasteiger partial charge in [0.15, 0.2) is 5.78 Å². The lowest BCUT2D eigenvalue weighted by Crippen LogP contribution is -2.27. The molecule has 0 amide bonds. The van der Waals surface area contributed by atoms with Crippen LogP contribution in [0.25, 0.3) is 0 Å². The van der Waals surface area contributed by atoms with Gasteiger partial charge >= 0.3 is 0 Å². The number of rotatable bonds is 2. The smallest absolute Gasteiger partial charge is 0.182 e. The minimum atomic E-state index is -0.719. The van der Waals surface area contributed by atoms with Gasteiger partial charge in [-0.2, -0.15) is 0 Å². The van der Waals surface area contributed by atoms with Gasteiger partial charge in [0.1, 0.15) is 5.82 Å². The quantitative estimate of drug-likeness (QED) is 0.770. The Bertz CT molecular complexity index is 377. The van der Waals surface area contributed by atoms with Crippen LogP contribution in [0.15, 0.2) is 12.1 Å². The molecule has 1 unspecified atom stereocenters. The van der Waals surface area contributed by atoms with E-state index in [2.05, 4.69) is 0 Å². The van der Waals surface area contributed by atoms with E-state index in [4.69, 9.17) is 17.3 Å². The predicted octanol–water partition coefficient (Wildman–Crippen LogP) is 2.32. The standard InChI is InChI=1S/C10H11ClFNO/c1-5-3-9(12)7(4-8(5)11)10(14)6(2)13/h3-4,6H,13H2,1-2H3. The Morgan fingerprint density at radius 1 is 1.57 bits per heavy atom. The van der Waals surface area contributed by atoms with Gasteiger partial charge in [-0.3, -0.25) is 4.79 Å². The van der Waals surface area contributed by atoms with Crippen molar-refractivity contribution in [2.45, 2.75) is 19.9 Å². The number of ketones is 1. The number of hydrogen-bond acceptors (Lipinski definition) is 2. The molecular formula is C10H11ClFNO. The zero-order valence-electron chi connectivity index (χ0n) is 7.97. The number of halogens is 2. The lowest BCUT2D eigenvalue weighted by Gasteiger charge is -2.07. The maximum atomic E-state index is 13.3. The van der Waals surface area contributed by atoms with Crippen molar-refractivity contribution in [1.29, 1.82) is 0 Å². The number of carbonyl (C=O) groups is 1. The normalized spacial score (nSPS) is 12.6. The fourth-order valence-corrected chi connectivity index (χ4v) is 1.24. The summed E-state index contributed by atoms with van der Waals surface area (Å²) in [5.41, 5.74) is 5.92. The van der Waals surface area contributed by atoms with Gasteiger partial charge in [-0.15, -0.1) is 0 Å². The van der Waals surface area contributed by atoms with Gasteiger partial charge in [0, 0.05) is 5.02 Å². The highest BCUT2D eigenvalue weighted by Crippen LogP contribution is 2.20. The Balaban J connectivity index is 3.22. The van der Waals surface area contributed by atoms with Crippen LogP contribution < -0.4 is 5.73 Å². The van der Waals surface area contributed by atoms with Crippen LogP contribution in [0.5, 0.6) is 0 Å². The fourth-order valence-electron chi connectivity index (χ4n) is 1.08. The Kier molecular flexibility index (Phi) is 3.24. The summed E-state index contributed by atoms with van der Waals surface area (Å²) in [5, 5.41) is 0.371. The lowest BCUT2D eigenvalue weighted by atomic mass is 10.0. The number of carbonyl (C=O) groups excluding carboxylic acids is 1. The molecule has 1 aromatic carbocycles. The molecule has 4 heteroatoms. The van der Waals surface area contributed by atoms with Gasteiger partial charge in [0.2, 0.25) is 0 Å². The maximum Gasteiger partial charge on any atom is 0.182 e. The molecule has 0 bridgehead atoms. The number of benzene rings is 1. The number of Topliss-reactive ketones (excluding diaryl/α,β-unsaturated/α-hetero) is 1. The van der Waals surface area contributed by atoms with Crippen LogP contribution in [0.2, 0.25) is 5.02 Å². The topological polar surface area (TPSA) is 43.1 Å². The zero-order chi connectivity index (χ0) is 10.9. The molecule has 1 rings (SSSR count). The van der Waals surface area contributed by atoms with Crippen molar-refractivity contribution in [1.82, 2.24) is 0 Å². The second-order valence-electron chi connectivity index (χ2n) is 3.23. The highest BCUT2D eigenvalue weighted by atomic mass is 35.5. The first kappa shape index (κ1) is 11.1. The number of nitrogens with two attached hydrogens (primary N) is 1. The Morgan fingerprint density at radius 3 is 2.64 bits per heavy atom. The van der Waals surface area contributed by atoms with E-state index >= 15 is 0 Å². The van der Waals surface area contributed by atoms with E-state index in [-0.39, 0.29) is 5.56 Å². The molecule has 0 saturated heterocycles. The van der Waals surface area contributed by atoms with Crippen LogP contribution >= 0.6 is 11.6 Å². The summed E-state index contributed by atoms with van der Waals surface area (Å²) in [6, 6.07) is 1.83. The van der Waals surface area contributed by atoms with E-state index < -0.39 is 17.6 Å². The van der Waals surface area contributed by atoms with Crippen LogP contribution in [0.3, 0.4) is 0 Å². The van der Waals surface area contributed by atoms with E-state index in [1.807, 2.05) is 0 Å². The van der Waals surface area contributed by atoms with Gasteiger partial charge in [-0.05, 0) is 31.5 Å². The van der Waals surface area contributed by atoms with E-state index in [9.17, 15) is 9.18 Å². The van der Waals surface area contributed by atoms with Crippen molar-refractivity contribution in [3.8, 4) is 0 Å². The van der Waals surface area contributed by atoms with Gasteiger partial charge in [-0.1, -0.05) is 11.6 Å². The van der Waals surface area contributed by atoms with Crippen LogP contribution in [-0.4, -0.2) is 11.8 Å². The molecule has 2 N–H and O–H groups in total. The molecule has 76 valence electrons. The van der Waals surface area contributed by atoms with Crippen molar-refractivity contribution in [3.05, 3.63) is 34.1 Å². The van der Waals surface area contributed by atoms with E-state index in [1.54, 1.807) is 6.92 Å². The number of hydrogen-bond donors (Lipinski definition) is 1. The third-order valence-corrected chi connectivity index (χ3v) is 2.33. The summed E-state index contributed by atoms with van der Waals surface area (Å²) in [6.07, 6.45) is 0. The molecule has 0 radical (unpaired) electrons. The Morgan fingerprint density at radius 2 is 2.14 bits per heavy atom. The van der Waals surface area contributed by atoms with Crippen LogP contribution in [0.1, 0.15) is 22.8 Å². The first-order valence-corrected chi connectivity index (χ1v) is 4.56. The third-order valence-electron chi connectivity index (χ3n) is 1.93. The lowest BCUT2D eigenvalue weighted by molar-refractivity contribution is 0.0964. The summed E-state index contributed by atoms with van der Waals surface area (Å²) in [4.78, 5) is 11.4. The average Bonchev–Trinajstić information content (AvgIpc) is 2.10. The van der Waals surface area contributed by atoms with Crippen LogP contribution in [-0.2, 0) is 0 Å². The van der Waals surface area contributed by atoms with Crippen molar-refractivity contribution >= 4 is 17.4 Å². The van der Waals surface area contributed by atoms with E-state index in [1.165, 1.54) is 19.1 Å². The molecular weight excluding hydrogens is 205 g/mol. The Labute approximate surface area is 86.9 Å². The summed E-state index contributed by atoms with van der Waals surface area (Å²) >= 11 is 5.77. The first-order valence-electron chi connectivity index (χ1n) is 4.19. The molecule has 0 spiro atoms. The molecule has 14 heavy (non-hydrogen) atoms. The molecule has 0 aliphatic heterocycles. The molecule has 0 aliphatic carbocycles. The van der Waals surface area contributed by atoms with Crippen molar-refractivity contribution in [3.63, 3.8) is 0 Å². The third kappa shape index (κ3) is 2.11. The van der Waals surface area contributed by atoms with Crippen LogP contribution in [0, 0.1) is 12.7 Å². The molecule has 1 aromatic rings. The SMILES string of the molecule is Cc1cc(F)c(C(=O)C(C)N)cc1Cl. The fraction of sp³-hybridized carbons (Fsp3) is 0.300. The first-order chi connectivity index (χ1) is 6.43. The maximum absolute atomic E-state index is 13.3. The minimum Gasteiger partial charge on any atom is -0.321 e. The summed E-state index contributed by atoms with van der Waals surface area (Å²) in [7, 11) is 0. The molecule has 0 fully saturated rings. The molecule has 0 aromatic heterocycles. The molecule has 0 saturated carbocycles. The second kappa shape index (κ2) is 4.07. The molecule has 0 aliphatic rings. The highest BCUT2D eigenvalue weighted by molar-refractivity contribution is 6.31.